The van der Waals surface area contributed by atoms with Crippen LogP contribution in [0.3, 0.4) is 0 Å². The fourth-order valence-corrected chi connectivity index (χ4v) is 5.70. The van der Waals surface area contributed by atoms with E-state index in [2.05, 4.69) is 79.4 Å². The second kappa shape index (κ2) is 19.6. The fourth-order valence-electron chi connectivity index (χ4n) is 5.70. The van der Waals surface area contributed by atoms with E-state index in [1.54, 1.807) is 0 Å². The van der Waals surface area contributed by atoms with E-state index in [1.165, 1.54) is 121 Å². The highest BCUT2D eigenvalue weighted by molar-refractivity contribution is 5.15. The van der Waals surface area contributed by atoms with Crippen LogP contribution in [0.2, 0.25) is 0 Å². The topological polar surface area (TPSA) is 19.7 Å². The summed E-state index contributed by atoms with van der Waals surface area (Å²) in [6, 6.07) is 11.7. The first-order chi connectivity index (χ1) is 17.2. The first kappa shape index (κ1) is 29.7. The molecule has 2 unspecified atom stereocenters. The van der Waals surface area contributed by atoms with Crippen LogP contribution in [0.15, 0.2) is 49.1 Å². The van der Waals surface area contributed by atoms with E-state index in [0.29, 0.717) is 17.9 Å². The maximum absolute atomic E-state index is 3.29. The number of nitrogens with one attached hydrogen (secondary N) is 1. The summed E-state index contributed by atoms with van der Waals surface area (Å²) in [6.45, 7) is 7.11. The van der Waals surface area contributed by atoms with Crippen LogP contribution in [0.25, 0.3) is 0 Å². The number of benzene rings is 1. The molecule has 1 aromatic carbocycles. The van der Waals surface area contributed by atoms with Crippen LogP contribution in [0.1, 0.15) is 142 Å². The smallest absolute Gasteiger partial charge is 0.241 e. The summed E-state index contributed by atoms with van der Waals surface area (Å²) in [7, 11) is 0. The Balaban J connectivity index is 1.57. The van der Waals surface area contributed by atoms with E-state index in [1.807, 2.05) is 0 Å². The van der Waals surface area contributed by atoms with E-state index in [9.17, 15) is 0 Å². The van der Waals surface area contributed by atoms with Crippen LogP contribution >= 0.6 is 0 Å². The largest absolute Gasteiger partial charge is 0.250 e. The molecule has 0 fully saturated rings. The molecule has 2 aromatic rings. The highest BCUT2D eigenvalue weighted by atomic mass is 15.1. The Hall–Kier alpha value is -1.57. The number of rotatable bonds is 22. The third-order valence-corrected chi connectivity index (χ3v) is 7.97. The Labute approximate surface area is 218 Å². The van der Waals surface area contributed by atoms with Crippen molar-refractivity contribution >= 4 is 0 Å². The van der Waals surface area contributed by atoms with Crippen LogP contribution in [-0.2, 0) is 6.42 Å². The molecule has 0 saturated heterocycles. The molecular weight excluding hydrogens is 424 g/mol. The van der Waals surface area contributed by atoms with Gasteiger partial charge in [-0.3, -0.25) is 4.98 Å². The third-order valence-electron chi connectivity index (χ3n) is 7.97. The zero-order valence-electron chi connectivity index (χ0n) is 23.5. The van der Waals surface area contributed by atoms with Crippen LogP contribution in [0.5, 0.6) is 0 Å². The van der Waals surface area contributed by atoms with Gasteiger partial charge < -0.3 is 0 Å². The number of hydrogen-bond acceptors (Lipinski definition) is 0. The van der Waals surface area contributed by atoms with Gasteiger partial charge >= 0.3 is 0 Å². The fraction of sp³-hybridized carbons (Fsp3) is 0.727. The quantitative estimate of drug-likeness (QED) is 0.127. The third kappa shape index (κ3) is 13.3. The van der Waals surface area contributed by atoms with Crippen LogP contribution < -0.4 is 4.57 Å². The zero-order chi connectivity index (χ0) is 25.0. The molecule has 0 spiro atoms. The van der Waals surface area contributed by atoms with E-state index in [0.717, 1.165) is 0 Å². The van der Waals surface area contributed by atoms with Gasteiger partial charge in [-0.05, 0) is 30.7 Å². The Morgan fingerprint density at radius 1 is 0.686 bits per heavy atom. The van der Waals surface area contributed by atoms with Crippen molar-refractivity contribution in [2.45, 2.75) is 142 Å². The highest BCUT2D eigenvalue weighted by Gasteiger charge is 2.29. The Bertz CT molecular complexity index is 691. The second-order valence-electron chi connectivity index (χ2n) is 11.3. The van der Waals surface area contributed by atoms with Gasteiger partial charge in [0.05, 0.1) is 0 Å². The van der Waals surface area contributed by atoms with Crippen molar-refractivity contribution in [3.8, 4) is 0 Å². The molecule has 0 amide bonds. The summed E-state index contributed by atoms with van der Waals surface area (Å²) in [5.41, 5.74) is 1.47. The minimum atomic E-state index is 0.577. The molecule has 0 aliphatic carbocycles. The Morgan fingerprint density at radius 3 is 1.66 bits per heavy atom. The average Bonchev–Trinajstić information content (AvgIpc) is 3.40. The second-order valence-corrected chi connectivity index (χ2v) is 11.3. The van der Waals surface area contributed by atoms with Crippen molar-refractivity contribution in [3.05, 3.63) is 54.6 Å². The Morgan fingerprint density at radius 2 is 1.20 bits per heavy atom. The van der Waals surface area contributed by atoms with E-state index >= 15 is 0 Å². The maximum atomic E-state index is 3.29. The molecule has 0 aliphatic rings. The van der Waals surface area contributed by atoms with Crippen molar-refractivity contribution in [3.63, 3.8) is 0 Å². The molecule has 1 heterocycles. The Kier molecular flexibility index (Phi) is 16.6. The zero-order valence-corrected chi connectivity index (χ0v) is 23.5. The minimum Gasteiger partial charge on any atom is -0.250 e. The maximum Gasteiger partial charge on any atom is 0.241 e. The van der Waals surface area contributed by atoms with Gasteiger partial charge in [0, 0.05) is 5.92 Å². The molecule has 2 heteroatoms. The monoisotopic (exact) mass is 481 g/mol. The molecule has 2 atom stereocenters. The van der Waals surface area contributed by atoms with Crippen molar-refractivity contribution in [2.24, 2.45) is 11.8 Å². The van der Waals surface area contributed by atoms with Crippen molar-refractivity contribution < 1.29 is 4.57 Å². The predicted molar refractivity (Wildman–Crippen MR) is 153 cm³/mol. The van der Waals surface area contributed by atoms with Gasteiger partial charge in [-0.15, -0.1) is 0 Å². The van der Waals surface area contributed by atoms with Crippen molar-refractivity contribution in [1.29, 1.82) is 0 Å². The standard InChI is InChI=1S/C33H56N2/c1-4-5-6-7-8-9-10-11-12-13-14-15-16-17-18-22-25-33(35-27-26-34-29-35)32(30(2)3)28-31-23-20-19-21-24-31/h19-21,23-24,26-27,29-30,32-33H,4-18,22,25,28H2,1-3H3/p+1. The molecule has 35 heavy (non-hydrogen) atoms. The molecular formula is C33H57N2+. The lowest BCUT2D eigenvalue weighted by Crippen LogP contribution is -2.44. The molecule has 0 bridgehead atoms. The van der Waals surface area contributed by atoms with Gasteiger partial charge in [0.2, 0.25) is 6.33 Å². The van der Waals surface area contributed by atoms with Gasteiger partial charge in [0.25, 0.3) is 0 Å². The normalized spacial score (nSPS) is 13.4. The lowest BCUT2D eigenvalue weighted by Gasteiger charge is -2.28. The lowest BCUT2D eigenvalue weighted by molar-refractivity contribution is -0.731. The minimum absolute atomic E-state index is 0.577. The van der Waals surface area contributed by atoms with Gasteiger partial charge in [0.1, 0.15) is 18.4 Å². The molecule has 2 rings (SSSR count). The SMILES string of the molecule is CCCCCCCCCCCCCCCCCCC(C(Cc1ccccc1)C(C)C)[n+]1cc[nH]c1. The highest BCUT2D eigenvalue weighted by Crippen LogP contribution is 2.30. The number of H-pyrrole nitrogens is 1. The molecule has 198 valence electrons. The molecule has 1 N–H and O–H groups in total. The number of aromatic amines is 1. The summed E-state index contributed by atoms with van der Waals surface area (Å²) >= 11 is 0. The van der Waals surface area contributed by atoms with Gasteiger partial charge in [-0.1, -0.05) is 147 Å². The molecule has 0 aliphatic heterocycles. The van der Waals surface area contributed by atoms with Gasteiger partial charge in [0.15, 0.2) is 0 Å². The van der Waals surface area contributed by atoms with Gasteiger partial charge in [-0.2, -0.15) is 0 Å². The van der Waals surface area contributed by atoms with E-state index in [-0.39, 0.29) is 0 Å². The first-order valence-corrected chi connectivity index (χ1v) is 15.3. The van der Waals surface area contributed by atoms with Crippen LogP contribution in [0, 0.1) is 11.8 Å². The number of imidazole rings is 1. The van der Waals surface area contributed by atoms with Crippen LogP contribution in [0.4, 0.5) is 0 Å². The van der Waals surface area contributed by atoms with Gasteiger partial charge in [-0.25, -0.2) is 4.57 Å². The van der Waals surface area contributed by atoms with Crippen LogP contribution in [-0.4, -0.2) is 4.98 Å². The molecule has 0 radical (unpaired) electrons. The summed E-state index contributed by atoms with van der Waals surface area (Å²) < 4.78 is 2.44. The lowest BCUT2D eigenvalue weighted by atomic mass is 9.81. The molecule has 2 nitrogen and oxygen atoms in total. The van der Waals surface area contributed by atoms with E-state index < -0.39 is 0 Å². The summed E-state index contributed by atoms with van der Waals surface area (Å²) in [5.74, 6) is 1.33. The molecule has 1 aromatic heterocycles. The predicted octanol–water partition coefficient (Wildman–Crippen LogP) is 10.0. The first-order valence-electron chi connectivity index (χ1n) is 15.3. The summed E-state index contributed by atoms with van der Waals surface area (Å²) in [5, 5.41) is 0. The van der Waals surface area contributed by atoms with E-state index in [4.69, 9.17) is 0 Å². The van der Waals surface area contributed by atoms with Crippen molar-refractivity contribution in [1.82, 2.24) is 4.98 Å². The molecule has 0 saturated carbocycles. The summed E-state index contributed by atoms with van der Waals surface area (Å²) in [6.07, 6.45) is 31.9. The van der Waals surface area contributed by atoms with Crippen molar-refractivity contribution in [2.75, 3.05) is 0 Å². The summed E-state index contributed by atoms with van der Waals surface area (Å²) in [4.78, 5) is 3.29. The number of aromatic nitrogens is 2. The number of hydrogen-bond donors (Lipinski definition) is 1. The average molecular weight is 482 g/mol. The number of unbranched alkanes of at least 4 members (excludes halogenated alkanes) is 15. The number of nitrogens with zero attached hydrogens (tertiary/aromatic N) is 1.